The maximum Gasteiger partial charge on any atom is 0.277 e. The number of carbonyl (C=O) groups excluding carboxylic acids is 1. The molecule has 10 nitrogen and oxygen atoms in total. The minimum absolute atomic E-state index is 0.0190. The van der Waals surface area contributed by atoms with Crippen molar-refractivity contribution < 1.29 is 29.0 Å². The maximum absolute atomic E-state index is 11.9. The number of hydrogen-bond donors (Lipinski definition) is 2. The Hall–Kier alpha value is -3.82. The molecule has 154 valence electrons. The summed E-state index contributed by atoms with van der Waals surface area (Å²) < 4.78 is 16.0. The average molecular weight is 403 g/mol. The number of nitro benzene ring substituents is 1. The fourth-order valence-corrected chi connectivity index (χ4v) is 2.28. The van der Waals surface area contributed by atoms with Crippen LogP contribution in [0.15, 0.2) is 41.5 Å². The van der Waals surface area contributed by atoms with Gasteiger partial charge in [-0.3, -0.25) is 14.9 Å². The van der Waals surface area contributed by atoms with Gasteiger partial charge >= 0.3 is 0 Å². The van der Waals surface area contributed by atoms with Crippen LogP contribution in [-0.2, 0) is 4.79 Å². The molecule has 0 unspecified atom stereocenters. The van der Waals surface area contributed by atoms with E-state index in [1.54, 1.807) is 31.2 Å². The van der Waals surface area contributed by atoms with E-state index in [9.17, 15) is 20.0 Å². The van der Waals surface area contributed by atoms with Gasteiger partial charge in [0.25, 0.3) is 11.6 Å². The number of nitro groups is 1. The third-order valence-corrected chi connectivity index (χ3v) is 3.50. The van der Waals surface area contributed by atoms with Crippen LogP contribution in [0.2, 0.25) is 0 Å². The van der Waals surface area contributed by atoms with Crippen LogP contribution in [0, 0.1) is 10.1 Å². The molecule has 0 fully saturated rings. The molecule has 2 aromatic rings. The van der Waals surface area contributed by atoms with Crippen molar-refractivity contribution in [1.82, 2.24) is 5.43 Å². The lowest BCUT2D eigenvalue weighted by atomic mass is 10.1. The van der Waals surface area contributed by atoms with Gasteiger partial charge in [-0.1, -0.05) is 12.1 Å². The van der Waals surface area contributed by atoms with E-state index >= 15 is 0 Å². The second kappa shape index (κ2) is 10.5. The quantitative estimate of drug-likeness (QED) is 0.354. The van der Waals surface area contributed by atoms with Crippen molar-refractivity contribution in [2.75, 3.05) is 19.8 Å². The standard InChI is InChI=1S/C19H21N3O7/c1-3-27-15-7-5-6-8-16(15)29-12-18(23)21-20-11-13-9-14(22(25)26)10-17(19(13)24)28-4-2/h5-11,24H,3-4,12H2,1-2H3,(H,21,23). The van der Waals surface area contributed by atoms with Crippen molar-refractivity contribution in [1.29, 1.82) is 0 Å². The molecule has 0 aliphatic heterocycles. The lowest BCUT2D eigenvalue weighted by Crippen LogP contribution is -2.24. The molecule has 0 aliphatic carbocycles. The molecule has 2 rings (SSSR count). The van der Waals surface area contributed by atoms with Gasteiger partial charge in [0.15, 0.2) is 29.6 Å². The highest BCUT2D eigenvalue weighted by Gasteiger charge is 2.16. The zero-order chi connectivity index (χ0) is 21.2. The molecule has 0 saturated carbocycles. The number of carbonyl (C=O) groups is 1. The molecule has 10 heteroatoms. The molecule has 0 aliphatic rings. The molecule has 29 heavy (non-hydrogen) atoms. The summed E-state index contributed by atoms with van der Waals surface area (Å²) in [5.74, 6) is -0.0207. The fraction of sp³-hybridized carbons (Fsp3) is 0.263. The second-order valence-electron chi connectivity index (χ2n) is 5.53. The highest BCUT2D eigenvalue weighted by molar-refractivity contribution is 5.87. The summed E-state index contributed by atoms with van der Waals surface area (Å²) in [5, 5.41) is 24.9. The van der Waals surface area contributed by atoms with Crippen molar-refractivity contribution >= 4 is 17.8 Å². The molecule has 0 bridgehead atoms. The molecule has 2 aromatic carbocycles. The van der Waals surface area contributed by atoms with Crippen LogP contribution in [0.25, 0.3) is 0 Å². The second-order valence-corrected chi connectivity index (χ2v) is 5.53. The molecule has 0 aromatic heterocycles. The number of non-ortho nitro benzene ring substituents is 1. The minimum atomic E-state index is -0.623. The molecular formula is C19H21N3O7. The summed E-state index contributed by atoms with van der Waals surface area (Å²) in [6.45, 7) is 3.84. The van der Waals surface area contributed by atoms with Crippen LogP contribution in [0.3, 0.4) is 0 Å². The molecule has 1 amide bonds. The third kappa shape index (κ3) is 6.09. The lowest BCUT2D eigenvalue weighted by Gasteiger charge is -2.10. The van der Waals surface area contributed by atoms with E-state index < -0.39 is 10.8 Å². The zero-order valence-corrected chi connectivity index (χ0v) is 16.0. The number of nitrogens with zero attached hydrogens (tertiary/aromatic N) is 2. The number of ether oxygens (including phenoxy) is 3. The smallest absolute Gasteiger partial charge is 0.277 e. The van der Waals surface area contributed by atoms with Crippen molar-refractivity contribution in [3.05, 3.63) is 52.1 Å². The van der Waals surface area contributed by atoms with Crippen LogP contribution in [-0.4, -0.2) is 42.0 Å². The van der Waals surface area contributed by atoms with E-state index in [1.165, 1.54) is 0 Å². The summed E-state index contributed by atoms with van der Waals surface area (Å²) >= 11 is 0. The third-order valence-electron chi connectivity index (χ3n) is 3.50. The first-order chi connectivity index (χ1) is 14.0. The molecule has 0 heterocycles. The summed E-state index contributed by atoms with van der Waals surface area (Å²) in [6, 6.07) is 9.13. The first kappa shape index (κ1) is 21.5. The number of hydrogen-bond acceptors (Lipinski definition) is 8. The van der Waals surface area contributed by atoms with E-state index in [0.717, 1.165) is 18.3 Å². The van der Waals surface area contributed by atoms with Crippen molar-refractivity contribution in [3.63, 3.8) is 0 Å². The predicted octanol–water partition coefficient (Wildman–Crippen LogP) is 2.63. The van der Waals surface area contributed by atoms with Crippen LogP contribution in [0.5, 0.6) is 23.0 Å². The Morgan fingerprint density at radius 2 is 1.76 bits per heavy atom. The van der Waals surface area contributed by atoms with E-state index in [4.69, 9.17) is 14.2 Å². The Balaban J connectivity index is 2.02. The molecule has 0 spiro atoms. The summed E-state index contributed by atoms with van der Waals surface area (Å²) in [4.78, 5) is 22.3. The summed E-state index contributed by atoms with van der Waals surface area (Å²) in [7, 11) is 0. The van der Waals surface area contributed by atoms with Gasteiger partial charge in [0, 0.05) is 11.6 Å². The summed E-state index contributed by atoms with van der Waals surface area (Å²) in [5.41, 5.74) is 1.96. The van der Waals surface area contributed by atoms with Crippen molar-refractivity contribution in [3.8, 4) is 23.0 Å². The van der Waals surface area contributed by atoms with Gasteiger partial charge < -0.3 is 19.3 Å². The van der Waals surface area contributed by atoms with E-state index in [0.29, 0.717) is 18.1 Å². The number of hydrazone groups is 1. The van der Waals surface area contributed by atoms with Gasteiger partial charge in [-0.15, -0.1) is 0 Å². The Labute approximate surface area is 166 Å². The van der Waals surface area contributed by atoms with Gasteiger partial charge in [0.1, 0.15) is 0 Å². The fourth-order valence-electron chi connectivity index (χ4n) is 2.28. The van der Waals surface area contributed by atoms with Crippen LogP contribution in [0.4, 0.5) is 5.69 Å². The van der Waals surface area contributed by atoms with Gasteiger partial charge in [-0.2, -0.15) is 5.10 Å². The first-order valence-corrected chi connectivity index (χ1v) is 8.77. The number of rotatable bonds is 10. The van der Waals surface area contributed by atoms with Crippen LogP contribution in [0.1, 0.15) is 19.4 Å². The Morgan fingerprint density at radius 3 is 2.38 bits per heavy atom. The average Bonchev–Trinajstić information content (AvgIpc) is 2.70. The Kier molecular flexibility index (Phi) is 7.78. The van der Waals surface area contributed by atoms with Crippen LogP contribution >= 0.6 is 0 Å². The van der Waals surface area contributed by atoms with Gasteiger partial charge in [-0.25, -0.2) is 5.43 Å². The molecular weight excluding hydrogens is 382 g/mol. The highest BCUT2D eigenvalue weighted by atomic mass is 16.6. The van der Waals surface area contributed by atoms with Crippen molar-refractivity contribution in [2.45, 2.75) is 13.8 Å². The van der Waals surface area contributed by atoms with Crippen molar-refractivity contribution in [2.24, 2.45) is 5.10 Å². The Bertz CT molecular complexity index is 899. The number of nitrogens with one attached hydrogen (secondary N) is 1. The van der Waals surface area contributed by atoms with Gasteiger partial charge in [0.2, 0.25) is 0 Å². The maximum atomic E-state index is 11.9. The van der Waals surface area contributed by atoms with Gasteiger partial charge in [0.05, 0.1) is 30.4 Å². The number of para-hydroxylation sites is 2. The number of phenolic OH excluding ortho intramolecular Hbond substituents is 1. The number of benzene rings is 2. The number of phenols is 1. The molecule has 2 N–H and O–H groups in total. The molecule has 0 radical (unpaired) electrons. The zero-order valence-electron chi connectivity index (χ0n) is 16.0. The largest absolute Gasteiger partial charge is 0.504 e. The van der Waals surface area contributed by atoms with Gasteiger partial charge in [-0.05, 0) is 26.0 Å². The van der Waals surface area contributed by atoms with E-state index in [2.05, 4.69) is 10.5 Å². The highest BCUT2D eigenvalue weighted by Crippen LogP contribution is 2.33. The van der Waals surface area contributed by atoms with E-state index in [1.807, 2.05) is 6.92 Å². The van der Waals surface area contributed by atoms with E-state index in [-0.39, 0.29) is 36.0 Å². The Morgan fingerprint density at radius 1 is 1.14 bits per heavy atom. The topological polar surface area (TPSA) is 133 Å². The SMILES string of the molecule is CCOc1ccccc1OCC(=O)NN=Cc1cc([N+](=O)[O-])cc(OCC)c1O. The lowest BCUT2D eigenvalue weighted by molar-refractivity contribution is -0.385. The number of amides is 1. The van der Waals surface area contributed by atoms with Crippen LogP contribution < -0.4 is 19.6 Å². The minimum Gasteiger partial charge on any atom is -0.504 e. The molecule has 0 saturated heterocycles. The normalized spacial score (nSPS) is 10.6. The summed E-state index contributed by atoms with van der Waals surface area (Å²) in [6.07, 6.45) is 1.08. The number of aromatic hydroxyl groups is 1. The predicted molar refractivity (Wildman–Crippen MR) is 105 cm³/mol. The first-order valence-electron chi connectivity index (χ1n) is 8.77. The molecule has 0 atom stereocenters. The monoisotopic (exact) mass is 403 g/mol.